The van der Waals surface area contributed by atoms with Crippen molar-refractivity contribution in [1.29, 1.82) is 0 Å². The second-order valence-corrected chi connectivity index (χ2v) is 2.44. The molecule has 0 aliphatic carbocycles. The van der Waals surface area contributed by atoms with Gasteiger partial charge < -0.3 is 10.5 Å². The average molecular weight is 190 g/mol. The van der Waals surface area contributed by atoms with Crippen LogP contribution in [0, 0.1) is 11.8 Å². The molecule has 0 unspecified atom stereocenters. The average Bonchev–Trinajstić information content (AvgIpc) is 2.15. The lowest BCUT2D eigenvalue weighted by Gasteiger charge is -1.92. The minimum Gasteiger partial charge on any atom is -0.456 e. The summed E-state index contributed by atoms with van der Waals surface area (Å²) in [5.41, 5.74) is 6.52. The Labute approximate surface area is 82.1 Å². The summed E-state index contributed by atoms with van der Waals surface area (Å²) in [6.07, 6.45) is 1.53. The molecule has 72 valence electrons. The molecule has 0 fully saturated rings. The van der Waals surface area contributed by atoms with Crippen molar-refractivity contribution in [3.05, 3.63) is 24.0 Å². The Kier molecular flexibility index (Phi) is 3.50. The van der Waals surface area contributed by atoms with E-state index in [9.17, 15) is 4.79 Å². The van der Waals surface area contributed by atoms with Gasteiger partial charge in [0.05, 0.1) is 6.61 Å². The minimum absolute atomic E-state index is 0.317. The van der Waals surface area contributed by atoms with Crippen LogP contribution in [-0.2, 0) is 9.53 Å². The van der Waals surface area contributed by atoms with E-state index in [1.54, 1.807) is 19.1 Å². The molecule has 1 aromatic rings. The van der Waals surface area contributed by atoms with E-state index in [1.807, 2.05) is 0 Å². The normalized spacial score (nSPS) is 8.64. The minimum atomic E-state index is -0.559. The van der Waals surface area contributed by atoms with Crippen LogP contribution in [-0.4, -0.2) is 17.6 Å². The van der Waals surface area contributed by atoms with Crippen LogP contribution in [0.25, 0.3) is 0 Å². The zero-order valence-corrected chi connectivity index (χ0v) is 7.78. The van der Waals surface area contributed by atoms with Crippen molar-refractivity contribution in [2.24, 2.45) is 0 Å². The summed E-state index contributed by atoms with van der Waals surface area (Å²) in [5.74, 6) is 4.29. The Morgan fingerprint density at radius 3 is 3.14 bits per heavy atom. The van der Waals surface area contributed by atoms with Crippen LogP contribution in [0.3, 0.4) is 0 Å². The Morgan fingerprint density at radius 2 is 2.50 bits per heavy atom. The Bertz CT molecular complexity index is 391. The third-order valence-electron chi connectivity index (χ3n) is 1.35. The number of nitrogens with two attached hydrogens (primary N) is 1. The van der Waals surface area contributed by atoms with Crippen LogP contribution >= 0.6 is 0 Å². The van der Waals surface area contributed by atoms with E-state index in [1.165, 1.54) is 6.20 Å². The molecule has 0 saturated carbocycles. The molecule has 0 amide bonds. The summed E-state index contributed by atoms with van der Waals surface area (Å²) in [6.45, 7) is 2.04. The van der Waals surface area contributed by atoms with Crippen LogP contribution < -0.4 is 5.73 Å². The Balaban J connectivity index is 2.72. The number of ether oxygens (including phenoxy) is 1. The highest BCUT2D eigenvalue weighted by Gasteiger charge is 1.93. The predicted molar refractivity (Wildman–Crippen MR) is 52.2 cm³/mol. The molecule has 0 radical (unpaired) electrons. The second kappa shape index (κ2) is 4.87. The number of carbonyl (C=O) groups excluding carboxylic acids is 1. The van der Waals surface area contributed by atoms with Gasteiger partial charge in [-0.15, -0.1) is 0 Å². The molecule has 0 atom stereocenters. The van der Waals surface area contributed by atoms with Crippen molar-refractivity contribution in [2.75, 3.05) is 12.3 Å². The van der Waals surface area contributed by atoms with E-state index in [4.69, 9.17) is 5.73 Å². The van der Waals surface area contributed by atoms with Crippen molar-refractivity contribution in [2.45, 2.75) is 6.92 Å². The number of anilines is 1. The van der Waals surface area contributed by atoms with Gasteiger partial charge in [0.1, 0.15) is 5.69 Å². The van der Waals surface area contributed by atoms with Gasteiger partial charge in [0.2, 0.25) is 0 Å². The SMILES string of the molecule is CCOC(=O)C#Cc1cc(N)ccn1. The van der Waals surface area contributed by atoms with E-state index in [0.29, 0.717) is 18.0 Å². The number of rotatable bonds is 1. The van der Waals surface area contributed by atoms with E-state index in [0.717, 1.165) is 0 Å². The van der Waals surface area contributed by atoms with Gasteiger partial charge in [0, 0.05) is 17.8 Å². The largest absolute Gasteiger partial charge is 0.456 e. The number of hydrogen-bond donors (Lipinski definition) is 1. The molecule has 0 saturated heterocycles. The molecule has 0 aromatic carbocycles. The summed E-state index contributed by atoms with van der Waals surface area (Å²) >= 11 is 0. The predicted octanol–water partition coefficient (Wildman–Crippen LogP) is 0.578. The lowest BCUT2D eigenvalue weighted by Crippen LogP contribution is -1.99. The summed E-state index contributed by atoms with van der Waals surface area (Å²) < 4.78 is 4.62. The van der Waals surface area contributed by atoms with Crippen LogP contribution in [0.5, 0.6) is 0 Å². The number of nitrogen functional groups attached to an aromatic ring is 1. The number of carbonyl (C=O) groups is 1. The van der Waals surface area contributed by atoms with Crippen molar-refractivity contribution in [3.63, 3.8) is 0 Å². The van der Waals surface area contributed by atoms with Gasteiger partial charge in [-0.25, -0.2) is 9.78 Å². The molecule has 0 aliphatic heterocycles. The van der Waals surface area contributed by atoms with Crippen molar-refractivity contribution in [1.82, 2.24) is 4.98 Å². The monoisotopic (exact) mass is 190 g/mol. The maximum absolute atomic E-state index is 10.8. The first-order valence-corrected chi connectivity index (χ1v) is 4.12. The van der Waals surface area contributed by atoms with Crippen LogP contribution in [0.15, 0.2) is 18.3 Å². The lowest BCUT2D eigenvalue weighted by molar-refractivity contribution is -0.136. The fourth-order valence-electron chi connectivity index (χ4n) is 0.797. The molecule has 0 aliphatic rings. The van der Waals surface area contributed by atoms with Crippen molar-refractivity contribution >= 4 is 11.7 Å². The molecule has 1 rings (SSSR count). The van der Waals surface area contributed by atoms with Gasteiger partial charge in [-0.05, 0) is 25.0 Å². The molecule has 0 spiro atoms. The van der Waals surface area contributed by atoms with E-state index in [2.05, 4.69) is 21.6 Å². The highest BCUT2D eigenvalue weighted by atomic mass is 16.5. The molecule has 14 heavy (non-hydrogen) atoms. The van der Waals surface area contributed by atoms with Gasteiger partial charge in [0.25, 0.3) is 0 Å². The fourth-order valence-corrected chi connectivity index (χ4v) is 0.797. The lowest BCUT2D eigenvalue weighted by atomic mass is 10.3. The quantitative estimate of drug-likeness (QED) is 0.519. The van der Waals surface area contributed by atoms with Crippen molar-refractivity contribution < 1.29 is 9.53 Å². The second-order valence-electron chi connectivity index (χ2n) is 2.44. The van der Waals surface area contributed by atoms with Gasteiger partial charge in [-0.2, -0.15) is 0 Å². The standard InChI is InChI=1S/C10H10N2O2/c1-2-14-10(13)4-3-9-7-8(11)5-6-12-9/h5-7H,2H2,1H3,(H2,11,12). The fraction of sp³-hybridized carbons (Fsp3) is 0.200. The topological polar surface area (TPSA) is 65.2 Å². The molecule has 4 heteroatoms. The molecule has 1 heterocycles. The van der Waals surface area contributed by atoms with E-state index >= 15 is 0 Å². The summed E-state index contributed by atoms with van der Waals surface area (Å²) in [7, 11) is 0. The van der Waals surface area contributed by atoms with Gasteiger partial charge >= 0.3 is 5.97 Å². The first-order chi connectivity index (χ1) is 6.72. The first-order valence-electron chi connectivity index (χ1n) is 4.12. The summed E-state index contributed by atoms with van der Waals surface area (Å²) in [5, 5.41) is 0. The van der Waals surface area contributed by atoms with Crippen molar-refractivity contribution in [3.8, 4) is 11.8 Å². The third kappa shape index (κ3) is 3.15. The summed E-state index contributed by atoms with van der Waals surface area (Å²) in [6, 6.07) is 3.24. The zero-order valence-electron chi connectivity index (χ0n) is 7.78. The molecule has 1 aromatic heterocycles. The van der Waals surface area contributed by atoms with Gasteiger partial charge in [-0.1, -0.05) is 0 Å². The highest BCUT2D eigenvalue weighted by Crippen LogP contribution is 2.00. The van der Waals surface area contributed by atoms with Crippen LogP contribution in [0.2, 0.25) is 0 Å². The molecule has 2 N–H and O–H groups in total. The maximum Gasteiger partial charge on any atom is 0.384 e. The number of pyridine rings is 1. The number of aromatic nitrogens is 1. The summed E-state index contributed by atoms with van der Waals surface area (Å²) in [4.78, 5) is 14.8. The third-order valence-corrected chi connectivity index (χ3v) is 1.35. The molecular weight excluding hydrogens is 180 g/mol. The van der Waals surface area contributed by atoms with Crippen LogP contribution in [0.1, 0.15) is 12.6 Å². The first kappa shape index (κ1) is 10.1. The van der Waals surface area contributed by atoms with Gasteiger partial charge in [-0.3, -0.25) is 0 Å². The highest BCUT2D eigenvalue weighted by molar-refractivity contribution is 5.89. The number of nitrogens with zero attached hydrogens (tertiary/aromatic N) is 1. The van der Waals surface area contributed by atoms with E-state index < -0.39 is 5.97 Å². The number of hydrogen-bond acceptors (Lipinski definition) is 4. The zero-order chi connectivity index (χ0) is 10.4. The smallest absolute Gasteiger partial charge is 0.384 e. The molecule has 0 bridgehead atoms. The molecule has 4 nitrogen and oxygen atoms in total. The van der Waals surface area contributed by atoms with Gasteiger partial charge in [0.15, 0.2) is 0 Å². The molecular formula is C10H10N2O2. The van der Waals surface area contributed by atoms with Crippen LogP contribution in [0.4, 0.5) is 5.69 Å². The maximum atomic E-state index is 10.8. The van der Waals surface area contributed by atoms with E-state index in [-0.39, 0.29) is 0 Å². The Hall–Kier alpha value is -2.02. The Morgan fingerprint density at radius 1 is 1.71 bits per heavy atom. The number of esters is 1.